The number of carbonyl (C=O) groups is 1. The van der Waals surface area contributed by atoms with Crippen LogP contribution in [0.5, 0.6) is 0 Å². The number of anilines is 1. The van der Waals surface area contributed by atoms with Gasteiger partial charge in [-0.3, -0.25) is 4.79 Å². The summed E-state index contributed by atoms with van der Waals surface area (Å²) in [4.78, 5) is 26.3. The van der Waals surface area contributed by atoms with Gasteiger partial charge < -0.3 is 9.80 Å². The molecule has 2 aliphatic rings. The van der Waals surface area contributed by atoms with E-state index in [1.54, 1.807) is 12.4 Å². The van der Waals surface area contributed by atoms with Gasteiger partial charge in [0.1, 0.15) is 0 Å². The van der Waals surface area contributed by atoms with E-state index in [-0.39, 0.29) is 5.41 Å². The van der Waals surface area contributed by atoms with Gasteiger partial charge in [0.05, 0.1) is 0 Å². The SMILES string of the molecule is CC(C)N1CCCCC(C)(C2CCN(c3ncccn3)CC2)C1=O. The van der Waals surface area contributed by atoms with Crippen LogP contribution in [0.1, 0.15) is 52.9 Å². The predicted octanol–water partition coefficient (Wildman–Crippen LogP) is 3.12. The zero-order valence-corrected chi connectivity index (χ0v) is 15.2. The van der Waals surface area contributed by atoms with Gasteiger partial charge in [0, 0.05) is 43.5 Å². The Morgan fingerprint density at radius 1 is 1.12 bits per heavy atom. The van der Waals surface area contributed by atoms with Crippen LogP contribution in [0.2, 0.25) is 0 Å². The van der Waals surface area contributed by atoms with E-state index in [2.05, 4.69) is 40.5 Å². The van der Waals surface area contributed by atoms with Crippen LogP contribution in [0.25, 0.3) is 0 Å². The summed E-state index contributed by atoms with van der Waals surface area (Å²) < 4.78 is 0. The van der Waals surface area contributed by atoms with Crippen LogP contribution in [-0.4, -0.2) is 46.5 Å². The molecule has 2 aliphatic heterocycles. The molecule has 2 saturated heterocycles. The topological polar surface area (TPSA) is 49.3 Å². The van der Waals surface area contributed by atoms with E-state index in [0.29, 0.717) is 17.9 Å². The first-order valence-electron chi connectivity index (χ1n) is 9.35. The van der Waals surface area contributed by atoms with E-state index in [4.69, 9.17) is 0 Å². The number of carbonyl (C=O) groups excluding carboxylic acids is 1. The van der Waals surface area contributed by atoms with Crippen LogP contribution in [0.3, 0.4) is 0 Å². The second kappa shape index (κ2) is 7.08. The summed E-state index contributed by atoms with van der Waals surface area (Å²) in [5.41, 5.74) is -0.204. The van der Waals surface area contributed by atoms with Crippen molar-refractivity contribution >= 4 is 11.9 Å². The Balaban J connectivity index is 1.71. The average molecular weight is 330 g/mol. The quantitative estimate of drug-likeness (QED) is 0.854. The summed E-state index contributed by atoms with van der Waals surface area (Å²) in [6.07, 6.45) is 9.01. The third-order valence-corrected chi connectivity index (χ3v) is 5.95. The summed E-state index contributed by atoms with van der Waals surface area (Å²) in [5.74, 6) is 1.66. The first-order valence-corrected chi connectivity index (χ1v) is 9.35. The molecule has 1 atom stereocenters. The van der Waals surface area contributed by atoms with Crippen molar-refractivity contribution in [3.05, 3.63) is 18.5 Å². The van der Waals surface area contributed by atoms with Crippen molar-refractivity contribution in [3.8, 4) is 0 Å². The maximum atomic E-state index is 13.2. The van der Waals surface area contributed by atoms with Crippen LogP contribution >= 0.6 is 0 Å². The highest BCUT2D eigenvalue weighted by Gasteiger charge is 2.45. The molecule has 5 nitrogen and oxygen atoms in total. The Morgan fingerprint density at radius 2 is 1.79 bits per heavy atom. The molecule has 1 aromatic rings. The number of hydrogen-bond acceptors (Lipinski definition) is 4. The molecule has 3 heterocycles. The van der Waals surface area contributed by atoms with E-state index in [1.165, 1.54) is 0 Å². The van der Waals surface area contributed by atoms with E-state index in [0.717, 1.165) is 57.7 Å². The molecule has 0 saturated carbocycles. The molecule has 0 radical (unpaired) electrons. The molecule has 1 unspecified atom stereocenters. The van der Waals surface area contributed by atoms with Gasteiger partial charge in [0.25, 0.3) is 0 Å². The van der Waals surface area contributed by atoms with Gasteiger partial charge >= 0.3 is 0 Å². The van der Waals surface area contributed by atoms with Crippen molar-refractivity contribution < 1.29 is 4.79 Å². The Morgan fingerprint density at radius 3 is 2.42 bits per heavy atom. The van der Waals surface area contributed by atoms with Gasteiger partial charge in [-0.05, 0) is 51.5 Å². The van der Waals surface area contributed by atoms with Gasteiger partial charge in [-0.2, -0.15) is 0 Å². The minimum Gasteiger partial charge on any atom is -0.341 e. The molecule has 3 rings (SSSR count). The zero-order chi connectivity index (χ0) is 17.2. The Hall–Kier alpha value is -1.65. The number of aromatic nitrogens is 2. The smallest absolute Gasteiger partial charge is 0.229 e. The average Bonchev–Trinajstić information content (AvgIpc) is 2.76. The van der Waals surface area contributed by atoms with Crippen LogP contribution in [-0.2, 0) is 4.79 Å². The highest BCUT2D eigenvalue weighted by Crippen LogP contribution is 2.43. The summed E-state index contributed by atoms with van der Waals surface area (Å²) in [6, 6.07) is 2.15. The number of likely N-dealkylation sites (tertiary alicyclic amines) is 1. The van der Waals surface area contributed by atoms with E-state index >= 15 is 0 Å². The highest BCUT2D eigenvalue weighted by molar-refractivity contribution is 5.83. The molecule has 0 N–H and O–H groups in total. The largest absolute Gasteiger partial charge is 0.341 e. The number of hydrogen-bond donors (Lipinski definition) is 0. The minimum absolute atomic E-state index is 0.204. The van der Waals surface area contributed by atoms with Gasteiger partial charge in [0.2, 0.25) is 11.9 Å². The van der Waals surface area contributed by atoms with Crippen molar-refractivity contribution in [3.63, 3.8) is 0 Å². The molecule has 132 valence electrons. The van der Waals surface area contributed by atoms with Crippen molar-refractivity contribution in [1.29, 1.82) is 0 Å². The number of piperidine rings is 1. The Bertz CT molecular complexity index is 554. The summed E-state index contributed by atoms with van der Waals surface area (Å²) in [7, 11) is 0. The number of rotatable bonds is 3. The minimum atomic E-state index is -0.204. The fraction of sp³-hybridized carbons (Fsp3) is 0.737. The summed E-state index contributed by atoms with van der Waals surface area (Å²) >= 11 is 0. The van der Waals surface area contributed by atoms with E-state index in [1.807, 2.05) is 6.07 Å². The summed E-state index contributed by atoms with van der Waals surface area (Å²) in [5, 5.41) is 0. The summed E-state index contributed by atoms with van der Waals surface area (Å²) in [6.45, 7) is 9.30. The molecule has 0 spiro atoms. The Kier molecular flexibility index (Phi) is 5.07. The van der Waals surface area contributed by atoms with Gasteiger partial charge in [-0.25, -0.2) is 9.97 Å². The predicted molar refractivity (Wildman–Crippen MR) is 95.8 cm³/mol. The molecule has 2 fully saturated rings. The van der Waals surface area contributed by atoms with Crippen LogP contribution < -0.4 is 4.90 Å². The molecule has 0 bridgehead atoms. The lowest BCUT2D eigenvalue weighted by Gasteiger charge is -2.43. The number of nitrogens with zero attached hydrogens (tertiary/aromatic N) is 4. The lowest BCUT2D eigenvalue weighted by Crippen LogP contribution is -2.50. The monoisotopic (exact) mass is 330 g/mol. The standard InChI is InChI=1S/C19H30N4O/c1-15(2)23-12-5-4-9-19(3,17(23)24)16-7-13-22(14-8-16)18-20-10-6-11-21-18/h6,10-11,15-16H,4-5,7-9,12-14H2,1-3H3. The molecule has 0 aliphatic carbocycles. The second-order valence-corrected chi connectivity index (χ2v) is 7.78. The van der Waals surface area contributed by atoms with E-state index in [9.17, 15) is 4.79 Å². The third-order valence-electron chi connectivity index (χ3n) is 5.95. The molecule has 1 aromatic heterocycles. The normalized spacial score (nSPS) is 26.8. The van der Waals surface area contributed by atoms with Crippen molar-refractivity contribution in [2.75, 3.05) is 24.5 Å². The van der Waals surface area contributed by atoms with Crippen LogP contribution in [0.15, 0.2) is 18.5 Å². The first kappa shape index (κ1) is 17.2. The zero-order valence-electron chi connectivity index (χ0n) is 15.2. The van der Waals surface area contributed by atoms with E-state index < -0.39 is 0 Å². The molecular weight excluding hydrogens is 300 g/mol. The second-order valence-electron chi connectivity index (χ2n) is 7.78. The molecular formula is C19H30N4O. The number of amides is 1. The van der Waals surface area contributed by atoms with Gasteiger partial charge in [0.15, 0.2) is 0 Å². The fourth-order valence-corrected chi connectivity index (χ4v) is 4.35. The molecule has 5 heteroatoms. The van der Waals surface area contributed by atoms with Crippen molar-refractivity contribution in [2.45, 2.75) is 58.9 Å². The lowest BCUT2D eigenvalue weighted by atomic mass is 9.69. The molecule has 1 amide bonds. The van der Waals surface area contributed by atoms with Crippen LogP contribution in [0.4, 0.5) is 5.95 Å². The third kappa shape index (κ3) is 3.26. The lowest BCUT2D eigenvalue weighted by molar-refractivity contribution is -0.146. The maximum absolute atomic E-state index is 13.2. The molecule has 24 heavy (non-hydrogen) atoms. The fourth-order valence-electron chi connectivity index (χ4n) is 4.35. The first-order chi connectivity index (χ1) is 11.5. The van der Waals surface area contributed by atoms with Crippen molar-refractivity contribution in [1.82, 2.24) is 14.9 Å². The van der Waals surface area contributed by atoms with Crippen LogP contribution in [0, 0.1) is 11.3 Å². The van der Waals surface area contributed by atoms with Gasteiger partial charge in [-0.1, -0.05) is 13.3 Å². The van der Waals surface area contributed by atoms with Gasteiger partial charge in [-0.15, -0.1) is 0 Å². The maximum Gasteiger partial charge on any atom is 0.229 e. The highest BCUT2D eigenvalue weighted by atomic mass is 16.2. The van der Waals surface area contributed by atoms with Crippen molar-refractivity contribution in [2.24, 2.45) is 11.3 Å². The molecule has 0 aromatic carbocycles. The Labute approximate surface area is 145 Å².